The molecule has 162 valence electrons. The van der Waals surface area contributed by atoms with Gasteiger partial charge in [-0.05, 0) is 48.6 Å². The van der Waals surface area contributed by atoms with E-state index in [4.69, 9.17) is 16.6 Å². The van der Waals surface area contributed by atoms with Crippen LogP contribution < -0.4 is 10.6 Å². The number of hydrogen-bond acceptors (Lipinski definition) is 2. The van der Waals surface area contributed by atoms with Crippen LogP contribution in [0.1, 0.15) is 36.5 Å². The molecule has 0 aromatic heterocycles. The molecular weight excluding hydrogens is 511 g/mol. The minimum Gasteiger partial charge on any atom is -0.357 e. The van der Waals surface area contributed by atoms with Gasteiger partial charge in [-0.1, -0.05) is 48.0 Å². The second kappa shape index (κ2) is 12.8. The fraction of sp³-hybridized carbons (Fsp3) is 0.391. The fourth-order valence-electron chi connectivity index (χ4n) is 3.41. The standard InChI is InChI=1S/C23H29ClN4O.HI/c1-2-25-23(26-13-12-18-8-10-21(24)11-9-18)27-16-19-5-3-6-20(15-19)17-28-14-4-7-22(28)29;/h3,5-6,8-11,15H,2,4,7,12-14,16-17H2,1H3,(H2,25,26,27);1H. The van der Waals surface area contributed by atoms with Crippen molar-refractivity contribution in [1.82, 2.24) is 15.5 Å². The van der Waals surface area contributed by atoms with Gasteiger partial charge in [0, 0.05) is 37.6 Å². The molecule has 0 unspecified atom stereocenters. The number of nitrogens with one attached hydrogen (secondary N) is 2. The normalized spacial score (nSPS) is 13.9. The Kier molecular flexibility index (Phi) is 10.4. The van der Waals surface area contributed by atoms with Gasteiger partial charge in [-0.2, -0.15) is 0 Å². The second-order valence-electron chi connectivity index (χ2n) is 7.24. The summed E-state index contributed by atoms with van der Waals surface area (Å²) < 4.78 is 0. The molecule has 0 saturated carbocycles. The van der Waals surface area contributed by atoms with Gasteiger partial charge in [-0.3, -0.25) is 4.79 Å². The zero-order chi connectivity index (χ0) is 20.5. The Hall–Kier alpha value is -1.80. The highest BCUT2D eigenvalue weighted by Gasteiger charge is 2.19. The van der Waals surface area contributed by atoms with Crippen molar-refractivity contribution in [3.05, 3.63) is 70.2 Å². The molecule has 1 aliphatic heterocycles. The number of amides is 1. The summed E-state index contributed by atoms with van der Waals surface area (Å²) in [5.41, 5.74) is 3.54. The molecule has 7 heteroatoms. The van der Waals surface area contributed by atoms with E-state index in [1.165, 1.54) is 5.56 Å². The van der Waals surface area contributed by atoms with Crippen LogP contribution in [0.2, 0.25) is 5.02 Å². The second-order valence-corrected chi connectivity index (χ2v) is 7.67. The van der Waals surface area contributed by atoms with Gasteiger partial charge in [-0.25, -0.2) is 4.99 Å². The molecule has 0 bridgehead atoms. The molecule has 3 rings (SSSR count). The van der Waals surface area contributed by atoms with Crippen LogP contribution in [0.3, 0.4) is 0 Å². The van der Waals surface area contributed by atoms with Crippen molar-refractivity contribution in [1.29, 1.82) is 0 Å². The molecule has 2 aromatic rings. The number of aliphatic imine (C=N–C) groups is 1. The number of hydrogen-bond donors (Lipinski definition) is 2. The number of guanidine groups is 1. The molecule has 0 spiro atoms. The van der Waals surface area contributed by atoms with Crippen molar-refractivity contribution < 1.29 is 4.79 Å². The van der Waals surface area contributed by atoms with Gasteiger partial charge in [-0.15, -0.1) is 24.0 Å². The first-order valence-corrected chi connectivity index (χ1v) is 10.6. The van der Waals surface area contributed by atoms with Crippen molar-refractivity contribution in [2.24, 2.45) is 4.99 Å². The molecule has 2 N–H and O–H groups in total. The Morgan fingerprint density at radius 2 is 1.87 bits per heavy atom. The Morgan fingerprint density at radius 3 is 2.57 bits per heavy atom. The Bertz CT molecular complexity index is 841. The number of carbonyl (C=O) groups excluding carboxylic acids is 1. The molecule has 5 nitrogen and oxygen atoms in total. The number of halogens is 2. The molecule has 1 saturated heterocycles. The average Bonchev–Trinajstić information content (AvgIpc) is 3.12. The smallest absolute Gasteiger partial charge is 0.222 e. The zero-order valence-corrected chi connectivity index (χ0v) is 20.5. The first-order chi connectivity index (χ1) is 14.1. The quantitative estimate of drug-likeness (QED) is 0.297. The first-order valence-electron chi connectivity index (χ1n) is 10.3. The van der Waals surface area contributed by atoms with E-state index >= 15 is 0 Å². The van der Waals surface area contributed by atoms with Gasteiger partial charge in [0.1, 0.15) is 0 Å². The van der Waals surface area contributed by atoms with Crippen molar-refractivity contribution in [3.8, 4) is 0 Å². The third-order valence-electron chi connectivity index (χ3n) is 4.92. The van der Waals surface area contributed by atoms with Crippen LogP contribution in [-0.2, 0) is 24.3 Å². The van der Waals surface area contributed by atoms with Crippen molar-refractivity contribution >= 4 is 47.4 Å². The molecule has 1 fully saturated rings. The monoisotopic (exact) mass is 540 g/mol. The summed E-state index contributed by atoms with van der Waals surface area (Å²) >= 11 is 5.94. The van der Waals surface area contributed by atoms with Crippen LogP contribution in [-0.4, -0.2) is 36.4 Å². The number of carbonyl (C=O) groups is 1. The summed E-state index contributed by atoms with van der Waals surface area (Å²) in [6, 6.07) is 16.3. The highest BCUT2D eigenvalue weighted by molar-refractivity contribution is 14.0. The summed E-state index contributed by atoms with van der Waals surface area (Å²) in [6.07, 6.45) is 2.55. The number of nitrogens with zero attached hydrogens (tertiary/aromatic N) is 2. The Morgan fingerprint density at radius 1 is 1.10 bits per heavy atom. The van der Waals surface area contributed by atoms with Crippen LogP contribution in [0.25, 0.3) is 0 Å². The summed E-state index contributed by atoms with van der Waals surface area (Å²) in [7, 11) is 0. The van der Waals surface area contributed by atoms with Crippen LogP contribution >= 0.6 is 35.6 Å². The average molecular weight is 541 g/mol. The maximum Gasteiger partial charge on any atom is 0.222 e. The predicted octanol–water partition coefficient (Wildman–Crippen LogP) is 4.38. The van der Waals surface area contributed by atoms with E-state index in [0.29, 0.717) is 19.5 Å². The van der Waals surface area contributed by atoms with Gasteiger partial charge in [0.15, 0.2) is 5.96 Å². The minimum atomic E-state index is 0. The van der Waals surface area contributed by atoms with Gasteiger partial charge in [0.25, 0.3) is 0 Å². The van der Waals surface area contributed by atoms with Crippen LogP contribution in [0.5, 0.6) is 0 Å². The third kappa shape index (κ3) is 7.80. The largest absolute Gasteiger partial charge is 0.357 e. The van der Waals surface area contributed by atoms with Gasteiger partial charge in [0.2, 0.25) is 5.91 Å². The van der Waals surface area contributed by atoms with E-state index in [1.807, 2.05) is 35.2 Å². The summed E-state index contributed by atoms with van der Waals surface area (Å²) in [4.78, 5) is 18.5. The molecule has 0 aliphatic carbocycles. The van der Waals surface area contributed by atoms with E-state index in [1.54, 1.807) is 0 Å². The lowest BCUT2D eigenvalue weighted by molar-refractivity contribution is -0.128. The maximum absolute atomic E-state index is 11.9. The van der Waals surface area contributed by atoms with E-state index in [0.717, 1.165) is 54.6 Å². The number of likely N-dealkylation sites (tertiary alicyclic amines) is 1. The van der Waals surface area contributed by atoms with Gasteiger partial charge >= 0.3 is 0 Å². The molecule has 2 aromatic carbocycles. The third-order valence-corrected chi connectivity index (χ3v) is 5.17. The minimum absolute atomic E-state index is 0. The van der Waals surface area contributed by atoms with Crippen molar-refractivity contribution in [3.63, 3.8) is 0 Å². The van der Waals surface area contributed by atoms with Crippen LogP contribution in [0.15, 0.2) is 53.5 Å². The zero-order valence-electron chi connectivity index (χ0n) is 17.4. The Balaban J connectivity index is 0.00000320. The molecule has 0 atom stereocenters. The molecular formula is C23H30ClIN4O. The van der Waals surface area contributed by atoms with Crippen LogP contribution in [0, 0.1) is 0 Å². The number of rotatable bonds is 8. The van der Waals surface area contributed by atoms with Crippen LogP contribution in [0.4, 0.5) is 0 Å². The lowest BCUT2D eigenvalue weighted by atomic mass is 10.1. The Labute approximate surface area is 201 Å². The molecule has 1 amide bonds. The lowest BCUT2D eigenvalue weighted by Gasteiger charge is -2.16. The SMILES string of the molecule is CCNC(=NCc1cccc(CN2CCCC2=O)c1)NCCc1ccc(Cl)cc1.I. The van der Waals surface area contributed by atoms with Crippen molar-refractivity contribution in [2.45, 2.75) is 39.3 Å². The molecule has 0 radical (unpaired) electrons. The molecule has 1 heterocycles. The molecule has 30 heavy (non-hydrogen) atoms. The number of benzene rings is 2. The fourth-order valence-corrected chi connectivity index (χ4v) is 3.53. The van der Waals surface area contributed by atoms with Crippen molar-refractivity contribution in [2.75, 3.05) is 19.6 Å². The van der Waals surface area contributed by atoms with E-state index < -0.39 is 0 Å². The maximum atomic E-state index is 11.9. The van der Waals surface area contributed by atoms with Gasteiger partial charge < -0.3 is 15.5 Å². The molecule has 1 aliphatic rings. The summed E-state index contributed by atoms with van der Waals surface area (Å²) in [5, 5.41) is 7.44. The predicted molar refractivity (Wildman–Crippen MR) is 134 cm³/mol. The first kappa shape index (κ1) is 24.5. The van der Waals surface area contributed by atoms with E-state index in [2.05, 4.69) is 35.8 Å². The highest BCUT2D eigenvalue weighted by atomic mass is 127. The summed E-state index contributed by atoms with van der Waals surface area (Å²) in [5.74, 6) is 1.06. The topological polar surface area (TPSA) is 56.7 Å². The summed E-state index contributed by atoms with van der Waals surface area (Å²) in [6.45, 7) is 5.82. The van der Waals surface area contributed by atoms with Gasteiger partial charge in [0.05, 0.1) is 6.54 Å². The lowest BCUT2D eigenvalue weighted by Crippen LogP contribution is -2.38. The van der Waals surface area contributed by atoms with E-state index in [-0.39, 0.29) is 29.9 Å². The highest BCUT2D eigenvalue weighted by Crippen LogP contribution is 2.15. The van der Waals surface area contributed by atoms with E-state index in [9.17, 15) is 4.79 Å².